The number of hydrogen-bond donors (Lipinski definition) is 1. The van der Waals surface area contributed by atoms with E-state index in [-0.39, 0.29) is 58.7 Å². The van der Waals surface area contributed by atoms with Gasteiger partial charge >= 0.3 is 0 Å². The summed E-state index contributed by atoms with van der Waals surface area (Å²) in [6.45, 7) is 29.6. The molecule has 5 heterocycles. The first-order valence-corrected chi connectivity index (χ1v) is 33.6. The molecule has 0 bridgehead atoms. The van der Waals surface area contributed by atoms with E-state index in [9.17, 15) is 5.11 Å². The van der Waals surface area contributed by atoms with Crippen LogP contribution in [0.2, 0.25) is 23.2 Å². The standard InChI is InChI=1S/C60H92O9SSi2/c1-13-70-60-36-34-50-49(33-35-58(9,69-71(11,12)56(3,4)5)52(64-50)32-24-37-62-42-44-25-17-14-18-26-44)65-54(60)40-51-55(68-60)47(61)41-59(10)53(66-51)39-43(2)48(67-59)31-23-38-63-72(57(6,7)8,45-27-19-15-20-28-45)46-29-21-16-22-30-46/h14-22,25-30,43,47-55,61H,13,23-24,31-42H2,1-12H3/t43-,47-,48-,49+,50-,51+,52+,53-,54-,55-,58+,59+,60-/m0/s1. The fourth-order valence-electron chi connectivity index (χ4n) is 12.7. The summed E-state index contributed by atoms with van der Waals surface area (Å²) in [6.07, 6.45) is 6.45. The Balaban J connectivity index is 0.947. The number of ether oxygens (including phenoxy) is 6. The Bertz CT molecular complexity index is 2120. The maximum atomic E-state index is 12.4. The second kappa shape index (κ2) is 23.0. The fraction of sp³-hybridized carbons (Fsp3) is 0.700. The van der Waals surface area contributed by atoms with Crippen molar-refractivity contribution in [1.82, 2.24) is 0 Å². The van der Waals surface area contributed by atoms with Gasteiger partial charge in [0.25, 0.3) is 8.32 Å². The van der Waals surface area contributed by atoms with E-state index < -0.39 is 45.0 Å². The fourth-order valence-corrected chi connectivity index (χ4v) is 20.3. The molecule has 5 saturated heterocycles. The number of hydrogen-bond acceptors (Lipinski definition) is 10. The van der Waals surface area contributed by atoms with Crippen LogP contribution in [-0.2, 0) is 43.9 Å². The van der Waals surface area contributed by atoms with Gasteiger partial charge in [0.05, 0.1) is 66.6 Å². The van der Waals surface area contributed by atoms with Gasteiger partial charge in [0, 0.05) is 26.1 Å². The highest BCUT2D eigenvalue weighted by molar-refractivity contribution is 8.00. The van der Waals surface area contributed by atoms with Crippen molar-refractivity contribution in [1.29, 1.82) is 0 Å². The maximum absolute atomic E-state index is 12.4. The van der Waals surface area contributed by atoms with Gasteiger partial charge in [-0.15, -0.1) is 11.8 Å². The first kappa shape index (κ1) is 56.3. The smallest absolute Gasteiger partial charge is 0.261 e. The van der Waals surface area contributed by atoms with Crippen LogP contribution in [0.4, 0.5) is 0 Å². The highest BCUT2D eigenvalue weighted by Crippen LogP contribution is 2.53. The molecule has 0 aromatic heterocycles. The lowest BCUT2D eigenvalue weighted by Crippen LogP contribution is -2.66. The molecule has 9 nitrogen and oxygen atoms in total. The molecule has 3 aromatic rings. The maximum Gasteiger partial charge on any atom is 0.261 e. The van der Waals surface area contributed by atoms with E-state index in [1.54, 1.807) is 0 Å². The Morgan fingerprint density at radius 3 is 1.93 bits per heavy atom. The highest BCUT2D eigenvalue weighted by Gasteiger charge is 2.60. The summed E-state index contributed by atoms with van der Waals surface area (Å²) in [4.78, 5) is -0.629. The normalized spacial score (nSPS) is 34.6. The summed E-state index contributed by atoms with van der Waals surface area (Å²) in [6, 6.07) is 32.2. The van der Waals surface area contributed by atoms with Gasteiger partial charge in [-0.25, -0.2) is 0 Å². The first-order chi connectivity index (χ1) is 34.1. The molecule has 0 saturated carbocycles. The van der Waals surface area contributed by atoms with Crippen LogP contribution in [0, 0.1) is 5.92 Å². The molecule has 0 aliphatic carbocycles. The van der Waals surface area contributed by atoms with Gasteiger partial charge in [-0.1, -0.05) is 146 Å². The quantitative estimate of drug-likeness (QED) is 0.104. The van der Waals surface area contributed by atoms with Crippen LogP contribution in [0.5, 0.6) is 0 Å². The SMILES string of the molecule is CCS[C@@]12CC[C@@H]3O[C@H](CCCOCc4ccccc4)[C@](C)(O[Si](C)(C)C(C)(C)C)CC[C@H]3O[C@H]1C[C@H]1O[C@H]3C[C@H](C)[C@H](CCCO[Si](c4ccccc4)(c4ccccc4)C(C)(C)C)O[C@]3(C)C[C@H](O)[C@@H]1O2. The minimum atomic E-state index is -2.65. The van der Waals surface area contributed by atoms with Crippen molar-refractivity contribution in [3.8, 4) is 0 Å². The van der Waals surface area contributed by atoms with Crippen LogP contribution >= 0.6 is 11.8 Å². The van der Waals surface area contributed by atoms with Crippen LogP contribution in [-0.4, -0.2) is 112 Å². The molecule has 12 heteroatoms. The minimum absolute atomic E-state index is 0.0198. The number of thioether (sulfide) groups is 1. The lowest BCUT2D eigenvalue weighted by molar-refractivity contribution is -0.256. The molecule has 0 amide bonds. The summed E-state index contributed by atoms with van der Waals surface area (Å²) >= 11 is 1.83. The molecule has 8 rings (SSSR count). The zero-order valence-electron chi connectivity index (χ0n) is 46.2. The average Bonchev–Trinajstić information content (AvgIpc) is 3.60. The van der Waals surface area contributed by atoms with E-state index in [0.717, 1.165) is 63.5 Å². The number of fused-ring (bicyclic) bond motifs is 4. The molecule has 0 radical (unpaired) electrons. The molecule has 5 aliphatic heterocycles. The van der Waals surface area contributed by atoms with Crippen molar-refractivity contribution in [2.45, 2.75) is 241 Å². The molecule has 72 heavy (non-hydrogen) atoms. The molecule has 0 spiro atoms. The number of benzene rings is 3. The zero-order valence-corrected chi connectivity index (χ0v) is 49.0. The molecule has 5 fully saturated rings. The molecule has 0 unspecified atom stereocenters. The lowest BCUT2D eigenvalue weighted by atomic mass is 9.80. The topological polar surface area (TPSA) is 94.1 Å². The lowest BCUT2D eigenvalue weighted by Gasteiger charge is -2.50. The summed E-state index contributed by atoms with van der Waals surface area (Å²) < 4.78 is 57.5. The highest BCUT2D eigenvalue weighted by atomic mass is 32.2. The van der Waals surface area contributed by atoms with Crippen LogP contribution in [0.25, 0.3) is 0 Å². The number of aliphatic hydroxyl groups excluding tert-OH is 1. The van der Waals surface area contributed by atoms with Crippen molar-refractivity contribution in [3.63, 3.8) is 0 Å². The van der Waals surface area contributed by atoms with E-state index in [4.69, 9.17) is 37.3 Å². The third-order valence-electron chi connectivity index (χ3n) is 17.7. The molecular formula is C60H92O9SSi2. The van der Waals surface area contributed by atoms with Crippen LogP contribution in [0.15, 0.2) is 91.0 Å². The molecule has 400 valence electrons. The number of aliphatic hydroxyl groups is 1. The Morgan fingerprint density at radius 2 is 1.31 bits per heavy atom. The van der Waals surface area contributed by atoms with Gasteiger partial charge < -0.3 is 42.4 Å². The van der Waals surface area contributed by atoms with E-state index in [1.807, 2.05) is 17.8 Å². The molecular weight excluding hydrogens is 953 g/mol. The van der Waals surface area contributed by atoms with Gasteiger partial charge in [-0.3, -0.25) is 0 Å². The van der Waals surface area contributed by atoms with Gasteiger partial charge in [0.1, 0.15) is 11.0 Å². The third-order valence-corrected chi connectivity index (χ3v) is 28.7. The summed E-state index contributed by atoms with van der Waals surface area (Å²) in [5.41, 5.74) is 0.0558. The summed E-state index contributed by atoms with van der Waals surface area (Å²) in [5, 5.41) is 14.9. The van der Waals surface area contributed by atoms with Crippen LogP contribution in [0.1, 0.15) is 145 Å². The predicted octanol–water partition coefficient (Wildman–Crippen LogP) is 12.2. The van der Waals surface area contributed by atoms with Gasteiger partial charge in [0.15, 0.2) is 8.32 Å². The number of rotatable bonds is 17. The van der Waals surface area contributed by atoms with E-state index in [0.29, 0.717) is 32.7 Å². The van der Waals surface area contributed by atoms with E-state index in [2.05, 4.69) is 167 Å². The Labute approximate surface area is 441 Å². The molecule has 5 aliphatic rings. The largest absolute Gasteiger partial charge is 0.409 e. The van der Waals surface area contributed by atoms with Crippen molar-refractivity contribution in [3.05, 3.63) is 96.6 Å². The Hall–Kier alpha value is -1.92. The van der Waals surface area contributed by atoms with E-state index in [1.165, 1.54) is 15.9 Å². The van der Waals surface area contributed by atoms with Crippen molar-refractivity contribution in [2.75, 3.05) is 19.0 Å². The van der Waals surface area contributed by atoms with Crippen molar-refractivity contribution >= 4 is 38.8 Å². The van der Waals surface area contributed by atoms with Crippen molar-refractivity contribution in [2.24, 2.45) is 5.92 Å². The summed E-state index contributed by atoms with van der Waals surface area (Å²) in [7, 11) is -4.82. The minimum Gasteiger partial charge on any atom is -0.409 e. The predicted molar refractivity (Wildman–Crippen MR) is 297 cm³/mol. The van der Waals surface area contributed by atoms with Gasteiger partial charge in [-0.05, 0) is 122 Å². The third kappa shape index (κ3) is 12.1. The molecule has 13 atom stereocenters. The molecule has 3 aromatic carbocycles. The molecule has 1 N–H and O–H groups in total. The van der Waals surface area contributed by atoms with Gasteiger partial charge in [-0.2, -0.15) is 0 Å². The second-order valence-electron chi connectivity index (χ2n) is 25.1. The Kier molecular flexibility index (Phi) is 18.0. The van der Waals surface area contributed by atoms with Crippen molar-refractivity contribution < 1.29 is 42.4 Å². The zero-order chi connectivity index (χ0) is 51.6. The summed E-state index contributed by atoms with van der Waals surface area (Å²) in [5.74, 6) is 1.14. The second-order valence-corrected chi connectivity index (χ2v) is 35.7. The van der Waals surface area contributed by atoms with Crippen LogP contribution in [0.3, 0.4) is 0 Å². The first-order valence-electron chi connectivity index (χ1n) is 27.8. The van der Waals surface area contributed by atoms with Gasteiger partial charge in [0.2, 0.25) is 0 Å². The average molecular weight is 1050 g/mol. The Morgan fingerprint density at radius 1 is 0.708 bits per heavy atom. The van der Waals surface area contributed by atoms with Crippen LogP contribution < -0.4 is 10.4 Å². The monoisotopic (exact) mass is 1040 g/mol. The van der Waals surface area contributed by atoms with E-state index >= 15 is 0 Å².